The van der Waals surface area contributed by atoms with Crippen molar-refractivity contribution in [2.75, 3.05) is 52.5 Å². The van der Waals surface area contributed by atoms with E-state index in [0.29, 0.717) is 17.9 Å². The first-order chi connectivity index (χ1) is 14.2. The highest BCUT2D eigenvalue weighted by atomic mass is 16.5. The lowest BCUT2D eigenvalue weighted by Gasteiger charge is -2.38. The highest BCUT2D eigenvalue weighted by Gasteiger charge is 2.29. The number of ether oxygens (including phenoxy) is 1. The molecule has 0 spiro atoms. The van der Waals surface area contributed by atoms with Gasteiger partial charge in [0.25, 0.3) is 0 Å². The third-order valence-corrected chi connectivity index (χ3v) is 6.55. The Morgan fingerprint density at radius 3 is 2.62 bits per heavy atom. The fourth-order valence-corrected chi connectivity index (χ4v) is 4.79. The predicted molar refractivity (Wildman–Crippen MR) is 118 cm³/mol. The monoisotopic (exact) mass is 404 g/mol. The molecule has 3 heterocycles. The molecule has 2 aliphatic rings. The number of likely N-dealkylation sites (tertiary alicyclic amines) is 1. The van der Waals surface area contributed by atoms with Gasteiger partial charge in [0, 0.05) is 57.9 Å². The molecule has 0 bridgehead atoms. The summed E-state index contributed by atoms with van der Waals surface area (Å²) in [7, 11) is 1.99. The van der Waals surface area contributed by atoms with Crippen molar-refractivity contribution < 1.29 is 4.74 Å². The van der Waals surface area contributed by atoms with Crippen LogP contribution in [0, 0.1) is 5.92 Å². The third kappa shape index (κ3) is 5.72. The highest BCUT2D eigenvalue weighted by molar-refractivity contribution is 5.80. The number of hydrogen-bond donors (Lipinski definition) is 1. The van der Waals surface area contributed by atoms with Gasteiger partial charge in [-0.05, 0) is 24.8 Å². The topological polar surface area (TPSA) is 57.9 Å². The molecule has 29 heavy (non-hydrogen) atoms. The Morgan fingerprint density at radius 2 is 2.00 bits per heavy atom. The molecule has 2 unspecified atom stereocenters. The molecule has 3 rings (SSSR count). The van der Waals surface area contributed by atoms with Gasteiger partial charge in [-0.2, -0.15) is 5.10 Å². The number of guanidine groups is 1. The summed E-state index contributed by atoms with van der Waals surface area (Å²) < 4.78 is 7.50. The summed E-state index contributed by atoms with van der Waals surface area (Å²) in [5.74, 6) is 2.30. The van der Waals surface area contributed by atoms with Crippen LogP contribution in [0.4, 0.5) is 0 Å². The van der Waals surface area contributed by atoms with Crippen molar-refractivity contribution >= 4 is 5.96 Å². The van der Waals surface area contributed by atoms with E-state index in [0.717, 1.165) is 64.9 Å². The maximum absolute atomic E-state index is 5.59. The second kappa shape index (κ2) is 11.0. The molecule has 0 amide bonds. The average Bonchev–Trinajstić information content (AvgIpc) is 3.40. The summed E-state index contributed by atoms with van der Waals surface area (Å²) in [6.07, 6.45) is 7.74. The van der Waals surface area contributed by atoms with Crippen molar-refractivity contribution in [3.05, 3.63) is 18.0 Å². The maximum atomic E-state index is 5.59. The Balaban J connectivity index is 1.69. The summed E-state index contributed by atoms with van der Waals surface area (Å²) in [6, 6.07) is 0.499. The predicted octanol–water partition coefficient (Wildman–Crippen LogP) is 2.31. The van der Waals surface area contributed by atoms with Crippen molar-refractivity contribution in [3.63, 3.8) is 0 Å². The van der Waals surface area contributed by atoms with Crippen molar-refractivity contribution in [1.82, 2.24) is 24.9 Å². The van der Waals surface area contributed by atoms with E-state index in [-0.39, 0.29) is 0 Å². The fourth-order valence-electron chi connectivity index (χ4n) is 4.79. The summed E-state index contributed by atoms with van der Waals surface area (Å²) in [4.78, 5) is 10.2. The van der Waals surface area contributed by atoms with E-state index >= 15 is 0 Å². The Bertz CT molecular complexity index is 635. The van der Waals surface area contributed by atoms with Gasteiger partial charge in [0.05, 0.1) is 26.0 Å². The van der Waals surface area contributed by atoms with Gasteiger partial charge in [0.15, 0.2) is 5.96 Å². The standard InChI is InChI=1S/C22H40N6O/c1-5-18(6-2)21(27-10-12-29-13-11-27)15-24-22(23-7-3)28-9-8-19(17-28)20-14-25-26(4)16-20/h14,16,18-19,21H,5-13,15,17H2,1-4H3,(H,23,24). The van der Waals surface area contributed by atoms with Crippen LogP contribution in [0.25, 0.3) is 0 Å². The van der Waals surface area contributed by atoms with Crippen molar-refractivity contribution in [3.8, 4) is 0 Å². The summed E-state index contributed by atoms with van der Waals surface area (Å²) >= 11 is 0. The van der Waals surface area contributed by atoms with Crippen LogP contribution in [0.2, 0.25) is 0 Å². The van der Waals surface area contributed by atoms with Crippen LogP contribution < -0.4 is 5.32 Å². The van der Waals surface area contributed by atoms with Crippen LogP contribution in [0.15, 0.2) is 17.4 Å². The number of morpholine rings is 1. The number of aromatic nitrogens is 2. The molecule has 2 fully saturated rings. The van der Waals surface area contributed by atoms with E-state index < -0.39 is 0 Å². The SMILES string of the molecule is CCNC(=NCC(C(CC)CC)N1CCOCC1)N1CCC(c2cnn(C)c2)C1. The normalized spacial score (nSPS) is 22.4. The van der Waals surface area contributed by atoms with Crippen LogP contribution in [0.5, 0.6) is 0 Å². The van der Waals surface area contributed by atoms with E-state index in [1.807, 2.05) is 17.9 Å². The Kier molecular flexibility index (Phi) is 8.36. The van der Waals surface area contributed by atoms with Gasteiger partial charge in [-0.15, -0.1) is 0 Å². The molecule has 2 saturated heterocycles. The Labute approximate surface area is 176 Å². The zero-order valence-electron chi connectivity index (χ0n) is 18.8. The lowest BCUT2D eigenvalue weighted by molar-refractivity contribution is 0.00391. The molecule has 2 atom stereocenters. The molecule has 0 aliphatic carbocycles. The lowest BCUT2D eigenvalue weighted by Crippen LogP contribution is -2.49. The molecule has 0 radical (unpaired) electrons. The first-order valence-corrected chi connectivity index (χ1v) is 11.5. The molecule has 2 aliphatic heterocycles. The number of aliphatic imine (C=N–C) groups is 1. The van der Waals surface area contributed by atoms with E-state index in [2.05, 4.69) is 47.2 Å². The number of aryl methyl sites for hydroxylation is 1. The van der Waals surface area contributed by atoms with Gasteiger partial charge in [0.1, 0.15) is 0 Å². The van der Waals surface area contributed by atoms with Gasteiger partial charge in [-0.3, -0.25) is 14.6 Å². The quantitative estimate of drug-likeness (QED) is 0.532. The minimum Gasteiger partial charge on any atom is -0.379 e. The highest BCUT2D eigenvalue weighted by Crippen LogP contribution is 2.27. The van der Waals surface area contributed by atoms with Crippen LogP contribution >= 0.6 is 0 Å². The molecule has 7 heteroatoms. The molecule has 0 saturated carbocycles. The van der Waals surface area contributed by atoms with E-state index in [1.165, 1.54) is 18.4 Å². The molecule has 1 N–H and O–H groups in total. The molecular formula is C22H40N6O. The van der Waals surface area contributed by atoms with Crippen molar-refractivity contribution in [2.45, 2.75) is 52.0 Å². The van der Waals surface area contributed by atoms with Gasteiger partial charge >= 0.3 is 0 Å². The van der Waals surface area contributed by atoms with Gasteiger partial charge in [-0.25, -0.2) is 0 Å². The minimum absolute atomic E-state index is 0.499. The lowest BCUT2D eigenvalue weighted by atomic mass is 9.92. The zero-order valence-corrected chi connectivity index (χ0v) is 18.8. The Hall–Kier alpha value is -1.60. The number of hydrogen-bond acceptors (Lipinski definition) is 4. The van der Waals surface area contributed by atoms with Crippen LogP contribution in [-0.4, -0.2) is 84.1 Å². The molecule has 7 nitrogen and oxygen atoms in total. The zero-order chi connectivity index (χ0) is 20.6. The second-order valence-corrected chi connectivity index (χ2v) is 8.37. The Morgan fingerprint density at radius 1 is 1.24 bits per heavy atom. The maximum Gasteiger partial charge on any atom is 0.193 e. The van der Waals surface area contributed by atoms with Gasteiger partial charge in [-0.1, -0.05) is 26.7 Å². The molecule has 1 aromatic rings. The van der Waals surface area contributed by atoms with E-state index in [1.54, 1.807) is 0 Å². The first-order valence-electron chi connectivity index (χ1n) is 11.5. The molecular weight excluding hydrogens is 364 g/mol. The van der Waals surface area contributed by atoms with Crippen molar-refractivity contribution in [2.24, 2.45) is 18.0 Å². The first kappa shape index (κ1) is 22.1. The van der Waals surface area contributed by atoms with E-state index in [4.69, 9.17) is 9.73 Å². The smallest absolute Gasteiger partial charge is 0.193 e. The number of rotatable bonds is 8. The number of nitrogens with zero attached hydrogens (tertiary/aromatic N) is 5. The van der Waals surface area contributed by atoms with Gasteiger partial charge in [0.2, 0.25) is 0 Å². The van der Waals surface area contributed by atoms with Crippen LogP contribution in [0.3, 0.4) is 0 Å². The molecule has 1 aromatic heterocycles. The summed E-state index contributed by atoms with van der Waals surface area (Å²) in [5.41, 5.74) is 1.34. The molecule has 164 valence electrons. The minimum atomic E-state index is 0.499. The molecule has 0 aromatic carbocycles. The third-order valence-electron chi connectivity index (χ3n) is 6.55. The van der Waals surface area contributed by atoms with Crippen LogP contribution in [0.1, 0.15) is 51.5 Å². The summed E-state index contributed by atoms with van der Waals surface area (Å²) in [5, 5.41) is 7.90. The largest absolute Gasteiger partial charge is 0.379 e. The second-order valence-electron chi connectivity index (χ2n) is 8.37. The fraction of sp³-hybridized carbons (Fsp3) is 0.818. The summed E-state index contributed by atoms with van der Waals surface area (Å²) in [6.45, 7) is 14.4. The van der Waals surface area contributed by atoms with Gasteiger partial charge < -0.3 is 15.0 Å². The van der Waals surface area contributed by atoms with Crippen LogP contribution in [-0.2, 0) is 11.8 Å². The average molecular weight is 405 g/mol. The van der Waals surface area contributed by atoms with E-state index in [9.17, 15) is 0 Å². The van der Waals surface area contributed by atoms with Crippen molar-refractivity contribution in [1.29, 1.82) is 0 Å². The number of nitrogens with one attached hydrogen (secondary N) is 1.